The van der Waals surface area contributed by atoms with E-state index in [0.29, 0.717) is 24.5 Å². The number of ether oxygens (including phenoxy) is 2. The van der Waals surface area contributed by atoms with Gasteiger partial charge in [0.2, 0.25) is 0 Å². The van der Waals surface area contributed by atoms with Gasteiger partial charge in [0.15, 0.2) is 0 Å². The van der Waals surface area contributed by atoms with Crippen molar-refractivity contribution >= 4 is 17.6 Å². The van der Waals surface area contributed by atoms with Gasteiger partial charge in [0.05, 0.1) is 13.2 Å². The fourth-order valence-corrected chi connectivity index (χ4v) is 2.28. The first kappa shape index (κ1) is 15.8. The van der Waals surface area contributed by atoms with Gasteiger partial charge in [-0.3, -0.25) is 0 Å². The molecule has 0 saturated heterocycles. The first-order valence-electron chi connectivity index (χ1n) is 6.13. The number of phenolic OH excluding ortho intramolecular Hbond substituents is 1. The van der Waals surface area contributed by atoms with E-state index in [4.69, 9.17) is 21.1 Å². The molecule has 0 fully saturated rings. The van der Waals surface area contributed by atoms with Gasteiger partial charge in [-0.05, 0) is 43.0 Å². The Bertz CT molecular complexity index is 457. The Morgan fingerprint density at radius 2 is 2.16 bits per heavy atom. The minimum Gasteiger partial charge on any atom is -0.507 e. The highest BCUT2D eigenvalue weighted by atomic mass is 35.5. The smallest absolute Gasteiger partial charge is 0.342 e. The number of esters is 1. The quantitative estimate of drug-likeness (QED) is 0.645. The summed E-state index contributed by atoms with van der Waals surface area (Å²) in [5, 5.41) is 10.00. The van der Waals surface area contributed by atoms with Crippen LogP contribution in [0.25, 0.3) is 0 Å². The number of benzene rings is 1. The lowest BCUT2D eigenvalue weighted by Crippen LogP contribution is -2.11. The van der Waals surface area contributed by atoms with Crippen LogP contribution >= 0.6 is 11.6 Å². The second-order valence-electron chi connectivity index (χ2n) is 4.13. The maximum atomic E-state index is 11.9. The summed E-state index contributed by atoms with van der Waals surface area (Å²) in [6, 6.07) is 1.55. The molecule has 0 aliphatic heterocycles. The summed E-state index contributed by atoms with van der Waals surface area (Å²) in [7, 11) is 1.58. The molecule has 0 unspecified atom stereocenters. The number of methoxy groups -OCH3 is 1. The van der Waals surface area contributed by atoms with Gasteiger partial charge in [-0.2, -0.15) is 0 Å². The molecule has 0 aromatic heterocycles. The van der Waals surface area contributed by atoms with Crippen molar-refractivity contribution in [2.75, 3.05) is 19.6 Å². The summed E-state index contributed by atoms with van der Waals surface area (Å²) in [5.74, 6) is -0.163. The number of alkyl halides is 1. The third kappa shape index (κ3) is 3.61. The van der Waals surface area contributed by atoms with Gasteiger partial charge >= 0.3 is 5.97 Å². The second kappa shape index (κ2) is 7.36. The minimum absolute atomic E-state index is 0.0821. The first-order chi connectivity index (χ1) is 9.06. The number of hydrogen-bond acceptors (Lipinski definition) is 4. The van der Waals surface area contributed by atoms with Crippen molar-refractivity contribution in [3.8, 4) is 5.75 Å². The molecule has 106 valence electrons. The van der Waals surface area contributed by atoms with Crippen LogP contribution in [0.2, 0.25) is 0 Å². The SMILES string of the molecule is CCOC(=O)c1c(O)cc(COC)c(CCCl)c1C. The molecule has 0 bridgehead atoms. The van der Waals surface area contributed by atoms with Gasteiger partial charge in [-0.15, -0.1) is 11.6 Å². The van der Waals surface area contributed by atoms with Crippen molar-refractivity contribution in [1.82, 2.24) is 0 Å². The summed E-state index contributed by atoms with van der Waals surface area (Å²) in [6.45, 7) is 4.14. The highest BCUT2D eigenvalue weighted by Gasteiger charge is 2.20. The largest absolute Gasteiger partial charge is 0.507 e. The van der Waals surface area contributed by atoms with Gasteiger partial charge in [0, 0.05) is 13.0 Å². The monoisotopic (exact) mass is 286 g/mol. The van der Waals surface area contributed by atoms with Gasteiger partial charge in [-0.25, -0.2) is 4.79 Å². The number of phenols is 1. The molecule has 0 aliphatic carbocycles. The van der Waals surface area contributed by atoms with E-state index in [2.05, 4.69) is 0 Å². The Hall–Kier alpha value is -1.26. The third-order valence-corrected chi connectivity index (χ3v) is 3.10. The predicted molar refractivity (Wildman–Crippen MR) is 73.9 cm³/mol. The van der Waals surface area contributed by atoms with Gasteiger partial charge in [-0.1, -0.05) is 0 Å². The van der Waals surface area contributed by atoms with E-state index < -0.39 is 5.97 Å². The van der Waals surface area contributed by atoms with Crippen LogP contribution in [0, 0.1) is 6.92 Å². The summed E-state index contributed by atoms with van der Waals surface area (Å²) in [6.07, 6.45) is 0.610. The lowest BCUT2D eigenvalue weighted by Gasteiger charge is -2.16. The molecule has 0 heterocycles. The highest BCUT2D eigenvalue weighted by Crippen LogP contribution is 2.29. The van der Waals surface area contributed by atoms with Gasteiger partial charge in [0.1, 0.15) is 11.3 Å². The number of carbonyl (C=O) groups is 1. The van der Waals surface area contributed by atoms with Crippen molar-refractivity contribution < 1.29 is 19.4 Å². The molecular weight excluding hydrogens is 268 g/mol. The lowest BCUT2D eigenvalue weighted by atomic mass is 9.94. The number of carbonyl (C=O) groups excluding carboxylic acids is 1. The first-order valence-corrected chi connectivity index (χ1v) is 6.66. The van der Waals surface area contributed by atoms with Gasteiger partial charge in [0.25, 0.3) is 0 Å². The van der Waals surface area contributed by atoms with Crippen LogP contribution < -0.4 is 0 Å². The summed E-state index contributed by atoms with van der Waals surface area (Å²) in [4.78, 5) is 11.9. The molecule has 19 heavy (non-hydrogen) atoms. The number of rotatable bonds is 6. The number of aromatic hydroxyl groups is 1. The lowest BCUT2D eigenvalue weighted by molar-refractivity contribution is 0.0522. The Morgan fingerprint density at radius 1 is 1.47 bits per heavy atom. The van der Waals surface area contributed by atoms with E-state index in [1.807, 2.05) is 0 Å². The van der Waals surface area contributed by atoms with Crippen LogP contribution in [-0.2, 0) is 22.5 Å². The van der Waals surface area contributed by atoms with Crippen molar-refractivity contribution in [2.24, 2.45) is 0 Å². The molecule has 5 heteroatoms. The normalized spacial score (nSPS) is 10.5. The van der Waals surface area contributed by atoms with E-state index >= 15 is 0 Å². The molecule has 0 atom stereocenters. The summed E-state index contributed by atoms with van der Waals surface area (Å²) < 4.78 is 10.1. The van der Waals surface area contributed by atoms with Gasteiger partial charge < -0.3 is 14.6 Å². The van der Waals surface area contributed by atoms with E-state index in [0.717, 1.165) is 11.1 Å². The molecule has 1 aromatic rings. The topological polar surface area (TPSA) is 55.8 Å². The zero-order valence-electron chi connectivity index (χ0n) is 11.5. The third-order valence-electron chi connectivity index (χ3n) is 2.91. The van der Waals surface area contributed by atoms with E-state index in [9.17, 15) is 9.90 Å². The average Bonchev–Trinajstić information content (AvgIpc) is 2.34. The minimum atomic E-state index is -0.516. The molecule has 0 radical (unpaired) electrons. The van der Waals surface area contributed by atoms with Crippen LogP contribution in [0.4, 0.5) is 0 Å². The number of hydrogen-bond donors (Lipinski definition) is 1. The van der Waals surface area contributed by atoms with Crippen LogP contribution in [0.1, 0.15) is 34.0 Å². The van der Waals surface area contributed by atoms with Crippen LogP contribution in [0.5, 0.6) is 5.75 Å². The Labute approximate surface area is 118 Å². The Morgan fingerprint density at radius 3 is 2.68 bits per heavy atom. The molecule has 0 saturated carbocycles. The zero-order valence-corrected chi connectivity index (χ0v) is 12.2. The van der Waals surface area contributed by atoms with E-state index in [1.54, 1.807) is 27.0 Å². The Kier molecular flexibility index (Phi) is 6.12. The van der Waals surface area contributed by atoms with Crippen LogP contribution in [0.3, 0.4) is 0 Å². The van der Waals surface area contributed by atoms with Crippen LogP contribution in [0.15, 0.2) is 6.07 Å². The molecule has 1 N–H and O–H groups in total. The zero-order chi connectivity index (χ0) is 14.4. The molecule has 0 aliphatic rings. The molecule has 0 amide bonds. The molecule has 0 spiro atoms. The predicted octanol–water partition coefficient (Wildman–Crippen LogP) is 2.81. The fourth-order valence-electron chi connectivity index (χ4n) is 2.10. The fraction of sp³-hybridized carbons (Fsp3) is 0.500. The van der Waals surface area contributed by atoms with Crippen LogP contribution in [-0.4, -0.2) is 30.7 Å². The van der Waals surface area contributed by atoms with Crippen molar-refractivity contribution in [3.63, 3.8) is 0 Å². The second-order valence-corrected chi connectivity index (χ2v) is 4.50. The van der Waals surface area contributed by atoms with E-state index in [-0.39, 0.29) is 17.9 Å². The molecule has 1 aromatic carbocycles. The summed E-state index contributed by atoms with van der Waals surface area (Å²) >= 11 is 5.79. The van der Waals surface area contributed by atoms with Crippen molar-refractivity contribution in [2.45, 2.75) is 26.9 Å². The maximum Gasteiger partial charge on any atom is 0.342 e. The maximum absolute atomic E-state index is 11.9. The molecule has 4 nitrogen and oxygen atoms in total. The molecular formula is C14H19ClO4. The highest BCUT2D eigenvalue weighted by molar-refractivity contribution is 6.18. The summed E-state index contributed by atoms with van der Waals surface area (Å²) in [5.41, 5.74) is 2.68. The van der Waals surface area contributed by atoms with Crippen molar-refractivity contribution in [3.05, 3.63) is 28.3 Å². The molecule has 1 rings (SSSR count). The van der Waals surface area contributed by atoms with Crippen molar-refractivity contribution in [1.29, 1.82) is 0 Å². The standard InChI is InChI=1S/C14H19ClO4/c1-4-19-14(17)13-9(2)11(5-6-15)10(8-18-3)7-12(13)16/h7,16H,4-6,8H2,1-3H3. The average molecular weight is 287 g/mol. The van der Waals surface area contributed by atoms with E-state index in [1.165, 1.54) is 0 Å². The number of halogens is 1. The Balaban J connectivity index is 3.33.